The molecule has 0 aliphatic rings. The van der Waals surface area contributed by atoms with Crippen LogP contribution in [0, 0.1) is 0 Å². The van der Waals surface area contributed by atoms with Gasteiger partial charge in [-0.25, -0.2) is 0 Å². The summed E-state index contributed by atoms with van der Waals surface area (Å²) in [6.07, 6.45) is 1.30. The van der Waals surface area contributed by atoms with Gasteiger partial charge in [-0.2, -0.15) is 0 Å². The molecule has 1 rings (SSSR count). The predicted octanol–water partition coefficient (Wildman–Crippen LogP) is 2.67. The van der Waals surface area contributed by atoms with Crippen LogP contribution in [-0.2, 0) is 4.79 Å². The summed E-state index contributed by atoms with van der Waals surface area (Å²) in [4.78, 5) is 13.1. The average molecular weight is 329 g/mol. The molecular weight excluding hydrogens is 308 g/mol. The number of phenolic OH excluding ortho intramolecular Hbond substituents is 1. The zero-order valence-corrected chi connectivity index (χ0v) is 13.2. The van der Waals surface area contributed by atoms with Crippen LogP contribution in [-0.4, -0.2) is 36.6 Å². The van der Waals surface area contributed by atoms with Crippen molar-refractivity contribution in [2.24, 2.45) is 0 Å². The molecular formula is C14H21BrN2O2. The maximum atomic E-state index is 11.5. The Bertz CT molecular complexity index is 435. The van der Waals surface area contributed by atoms with E-state index in [4.69, 9.17) is 0 Å². The average Bonchev–Trinajstić information content (AvgIpc) is 2.37. The summed E-state index contributed by atoms with van der Waals surface area (Å²) in [5, 5.41) is 13.2. The van der Waals surface area contributed by atoms with Crippen LogP contribution in [0.5, 0.6) is 5.75 Å². The normalized spacial score (nSPS) is 12.2. The van der Waals surface area contributed by atoms with E-state index in [0.29, 0.717) is 13.0 Å². The maximum Gasteiger partial charge on any atom is 0.223 e. The predicted molar refractivity (Wildman–Crippen MR) is 80.2 cm³/mol. The van der Waals surface area contributed by atoms with Crippen LogP contribution in [0.4, 0.5) is 0 Å². The second kappa shape index (κ2) is 7.50. The fraction of sp³-hybridized carbons (Fsp3) is 0.500. The Morgan fingerprint density at radius 2 is 2.16 bits per heavy atom. The lowest BCUT2D eigenvalue weighted by Gasteiger charge is -2.19. The first-order valence-electron chi connectivity index (χ1n) is 6.37. The molecule has 0 aromatic heterocycles. The van der Waals surface area contributed by atoms with Crippen molar-refractivity contribution in [2.75, 3.05) is 20.6 Å². The van der Waals surface area contributed by atoms with Gasteiger partial charge in [-0.3, -0.25) is 4.79 Å². The minimum absolute atomic E-state index is 0.0486. The Balaban J connectivity index is 2.63. The highest BCUT2D eigenvalue weighted by Crippen LogP contribution is 2.29. The lowest BCUT2D eigenvalue weighted by Crippen LogP contribution is -2.28. The van der Waals surface area contributed by atoms with Gasteiger partial charge in [0, 0.05) is 43.1 Å². The van der Waals surface area contributed by atoms with E-state index in [1.54, 1.807) is 31.1 Å². The van der Waals surface area contributed by atoms with E-state index < -0.39 is 0 Å². The summed E-state index contributed by atoms with van der Waals surface area (Å²) in [6, 6.07) is 5.44. The molecule has 2 N–H and O–H groups in total. The molecule has 0 spiro atoms. The number of nitrogens with zero attached hydrogens (tertiary/aromatic N) is 1. The van der Waals surface area contributed by atoms with Crippen molar-refractivity contribution in [1.82, 2.24) is 10.2 Å². The van der Waals surface area contributed by atoms with Gasteiger partial charge in [0.05, 0.1) is 0 Å². The topological polar surface area (TPSA) is 52.6 Å². The Morgan fingerprint density at radius 3 is 2.74 bits per heavy atom. The molecule has 0 heterocycles. The first-order chi connectivity index (χ1) is 8.95. The summed E-state index contributed by atoms with van der Waals surface area (Å²) in [6.45, 7) is 2.65. The van der Waals surface area contributed by atoms with Gasteiger partial charge in [-0.05, 0) is 24.6 Å². The largest absolute Gasteiger partial charge is 0.508 e. The van der Waals surface area contributed by atoms with Crippen molar-refractivity contribution in [2.45, 2.75) is 25.8 Å². The standard InChI is InChI=1S/C14H21BrN2O2/c1-4-12(16-8-7-14(19)17(2)3)11-9-10(15)5-6-13(11)18/h5-6,9,12,16,18H,4,7-8H2,1-3H3. The van der Waals surface area contributed by atoms with Crippen molar-refractivity contribution < 1.29 is 9.90 Å². The van der Waals surface area contributed by atoms with Crippen molar-refractivity contribution in [3.05, 3.63) is 28.2 Å². The molecule has 106 valence electrons. The van der Waals surface area contributed by atoms with Gasteiger partial charge in [0.15, 0.2) is 0 Å². The number of nitrogens with one attached hydrogen (secondary N) is 1. The van der Waals surface area contributed by atoms with Crippen molar-refractivity contribution in [3.8, 4) is 5.75 Å². The van der Waals surface area contributed by atoms with E-state index >= 15 is 0 Å². The summed E-state index contributed by atoms with van der Waals surface area (Å²) < 4.78 is 0.935. The molecule has 0 fully saturated rings. The molecule has 5 heteroatoms. The molecule has 0 aliphatic heterocycles. The lowest BCUT2D eigenvalue weighted by atomic mass is 10.0. The SMILES string of the molecule is CCC(NCCC(=O)N(C)C)c1cc(Br)ccc1O. The number of hydrogen-bond donors (Lipinski definition) is 2. The van der Waals surface area contributed by atoms with Gasteiger partial charge in [0.25, 0.3) is 0 Å². The number of amides is 1. The number of halogens is 1. The number of rotatable bonds is 6. The number of hydrogen-bond acceptors (Lipinski definition) is 3. The third-order valence-electron chi connectivity index (χ3n) is 3.00. The first-order valence-corrected chi connectivity index (χ1v) is 7.17. The minimum Gasteiger partial charge on any atom is -0.508 e. The van der Waals surface area contributed by atoms with Crippen LogP contribution in [0.15, 0.2) is 22.7 Å². The summed E-state index contributed by atoms with van der Waals surface area (Å²) in [5.41, 5.74) is 0.856. The molecule has 0 aliphatic carbocycles. The fourth-order valence-corrected chi connectivity index (χ4v) is 2.23. The number of benzene rings is 1. The summed E-state index contributed by atoms with van der Waals surface area (Å²) in [7, 11) is 3.50. The summed E-state index contributed by atoms with van der Waals surface area (Å²) in [5.74, 6) is 0.377. The van der Waals surface area contributed by atoms with Gasteiger partial charge < -0.3 is 15.3 Å². The molecule has 1 aromatic rings. The molecule has 1 amide bonds. The highest BCUT2D eigenvalue weighted by atomic mass is 79.9. The Labute approximate surface area is 122 Å². The van der Waals surface area contributed by atoms with E-state index in [2.05, 4.69) is 21.2 Å². The minimum atomic E-state index is 0.0486. The molecule has 0 saturated heterocycles. The second-order valence-electron chi connectivity index (χ2n) is 4.66. The number of carbonyl (C=O) groups is 1. The van der Waals surface area contributed by atoms with Gasteiger partial charge >= 0.3 is 0 Å². The van der Waals surface area contributed by atoms with Gasteiger partial charge in [0.1, 0.15) is 5.75 Å². The smallest absolute Gasteiger partial charge is 0.223 e. The molecule has 1 unspecified atom stereocenters. The zero-order chi connectivity index (χ0) is 14.4. The van der Waals surface area contributed by atoms with E-state index in [-0.39, 0.29) is 17.7 Å². The molecule has 0 saturated carbocycles. The Morgan fingerprint density at radius 1 is 1.47 bits per heavy atom. The lowest BCUT2D eigenvalue weighted by molar-refractivity contribution is -0.128. The second-order valence-corrected chi connectivity index (χ2v) is 5.57. The third-order valence-corrected chi connectivity index (χ3v) is 3.49. The number of carbonyl (C=O) groups excluding carboxylic acids is 1. The number of phenols is 1. The third kappa shape index (κ3) is 4.84. The van der Waals surface area contributed by atoms with Gasteiger partial charge in [-0.15, -0.1) is 0 Å². The first kappa shape index (κ1) is 16.0. The highest BCUT2D eigenvalue weighted by Gasteiger charge is 2.14. The Kier molecular flexibility index (Phi) is 6.31. The number of aromatic hydroxyl groups is 1. The van der Waals surface area contributed by atoms with E-state index in [0.717, 1.165) is 16.5 Å². The van der Waals surface area contributed by atoms with Crippen molar-refractivity contribution in [1.29, 1.82) is 0 Å². The van der Waals surface area contributed by atoms with Crippen LogP contribution < -0.4 is 5.32 Å². The van der Waals surface area contributed by atoms with Crippen LogP contribution in [0.3, 0.4) is 0 Å². The maximum absolute atomic E-state index is 11.5. The molecule has 19 heavy (non-hydrogen) atoms. The molecule has 4 nitrogen and oxygen atoms in total. The van der Waals surface area contributed by atoms with Crippen molar-refractivity contribution in [3.63, 3.8) is 0 Å². The van der Waals surface area contributed by atoms with E-state index in [1.165, 1.54) is 0 Å². The zero-order valence-electron chi connectivity index (χ0n) is 11.6. The quantitative estimate of drug-likeness (QED) is 0.844. The van der Waals surface area contributed by atoms with Crippen LogP contribution >= 0.6 is 15.9 Å². The molecule has 1 atom stereocenters. The highest BCUT2D eigenvalue weighted by molar-refractivity contribution is 9.10. The van der Waals surface area contributed by atoms with Crippen LogP contribution in [0.2, 0.25) is 0 Å². The summed E-state index contributed by atoms with van der Waals surface area (Å²) >= 11 is 3.40. The van der Waals surface area contributed by atoms with Crippen LogP contribution in [0.25, 0.3) is 0 Å². The monoisotopic (exact) mass is 328 g/mol. The van der Waals surface area contributed by atoms with Gasteiger partial charge in [0.2, 0.25) is 5.91 Å². The molecule has 1 aromatic carbocycles. The molecule has 0 radical (unpaired) electrons. The van der Waals surface area contributed by atoms with E-state index in [1.807, 2.05) is 13.0 Å². The fourth-order valence-electron chi connectivity index (χ4n) is 1.86. The van der Waals surface area contributed by atoms with Crippen LogP contribution in [0.1, 0.15) is 31.4 Å². The van der Waals surface area contributed by atoms with Gasteiger partial charge in [-0.1, -0.05) is 22.9 Å². The van der Waals surface area contributed by atoms with Crippen molar-refractivity contribution >= 4 is 21.8 Å². The van der Waals surface area contributed by atoms with E-state index in [9.17, 15) is 9.90 Å². The Hall–Kier alpha value is -1.07. The molecule has 0 bridgehead atoms.